The highest BCUT2D eigenvalue weighted by Gasteiger charge is 2.20. The topological polar surface area (TPSA) is 82.2 Å². The van der Waals surface area contributed by atoms with Gasteiger partial charge in [-0.3, -0.25) is 9.36 Å². The second kappa shape index (κ2) is 10.2. The van der Waals surface area contributed by atoms with Crippen molar-refractivity contribution >= 4 is 17.7 Å². The third kappa shape index (κ3) is 5.33. The van der Waals surface area contributed by atoms with Gasteiger partial charge in [-0.2, -0.15) is 0 Å². The van der Waals surface area contributed by atoms with Crippen molar-refractivity contribution in [1.82, 2.24) is 20.1 Å². The van der Waals surface area contributed by atoms with E-state index in [0.717, 1.165) is 11.3 Å². The molecule has 2 heterocycles. The second-order valence-electron chi connectivity index (χ2n) is 6.84. The number of nitrogens with zero attached hydrogens (tertiary/aromatic N) is 3. The number of aryl methyl sites for hydroxylation is 1. The molecule has 7 nitrogen and oxygen atoms in total. The molecule has 0 aliphatic heterocycles. The minimum absolute atomic E-state index is 0.106. The molecule has 0 radical (unpaired) electrons. The number of carbonyl (C=O) groups is 1. The van der Waals surface area contributed by atoms with Crippen molar-refractivity contribution in [3.8, 4) is 5.75 Å². The first kappa shape index (κ1) is 21.7. The Labute approximate surface area is 180 Å². The Bertz CT molecular complexity index is 998. The van der Waals surface area contributed by atoms with Crippen molar-refractivity contribution in [1.29, 1.82) is 0 Å². The van der Waals surface area contributed by atoms with Crippen molar-refractivity contribution in [2.45, 2.75) is 45.1 Å². The first-order valence-corrected chi connectivity index (χ1v) is 10.7. The lowest BCUT2D eigenvalue weighted by Crippen LogP contribution is -2.24. The van der Waals surface area contributed by atoms with Crippen molar-refractivity contribution < 1.29 is 13.9 Å². The number of rotatable bonds is 10. The van der Waals surface area contributed by atoms with E-state index in [1.165, 1.54) is 17.3 Å². The SMILES string of the molecule is C=CCn1c(SCC(=O)NCc2ccco2)nnc1C(C)Oc1cccc(C)c1C. The molecule has 0 saturated carbocycles. The van der Waals surface area contributed by atoms with Crippen LogP contribution < -0.4 is 10.1 Å². The van der Waals surface area contributed by atoms with E-state index >= 15 is 0 Å². The van der Waals surface area contributed by atoms with Crippen LogP contribution >= 0.6 is 11.8 Å². The van der Waals surface area contributed by atoms with Gasteiger partial charge >= 0.3 is 0 Å². The standard InChI is InChI=1S/C22H26N4O3S/c1-5-11-26-21(17(4)29-19-10-6-8-15(2)16(19)3)24-25-22(26)30-14-20(27)23-13-18-9-7-12-28-18/h5-10,12,17H,1,11,13-14H2,2-4H3,(H,23,27). The van der Waals surface area contributed by atoms with Crippen molar-refractivity contribution in [2.75, 3.05) is 5.75 Å². The number of aromatic nitrogens is 3. The Morgan fingerprint density at radius 1 is 1.33 bits per heavy atom. The summed E-state index contributed by atoms with van der Waals surface area (Å²) in [5.74, 6) is 2.34. The molecule has 0 aliphatic carbocycles. The molecular formula is C22H26N4O3S. The highest BCUT2D eigenvalue weighted by Crippen LogP contribution is 2.28. The molecule has 0 spiro atoms. The van der Waals surface area contributed by atoms with E-state index in [1.807, 2.05) is 36.6 Å². The number of thioether (sulfide) groups is 1. The zero-order chi connectivity index (χ0) is 21.5. The van der Waals surface area contributed by atoms with Gasteiger partial charge in [-0.25, -0.2) is 0 Å². The molecule has 2 aromatic heterocycles. The lowest BCUT2D eigenvalue weighted by molar-refractivity contribution is -0.118. The van der Waals surface area contributed by atoms with Crippen LogP contribution in [0.25, 0.3) is 0 Å². The molecule has 3 aromatic rings. The van der Waals surface area contributed by atoms with E-state index in [9.17, 15) is 4.79 Å². The summed E-state index contributed by atoms with van der Waals surface area (Å²) in [6, 6.07) is 9.58. The first-order chi connectivity index (χ1) is 14.5. The number of benzene rings is 1. The molecule has 0 aliphatic rings. The molecule has 1 atom stereocenters. The lowest BCUT2D eigenvalue weighted by Gasteiger charge is -2.18. The zero-order valence-electron chi connectivity index (χ0n) is 17.4. The summed E-state index contributed by atoms with van der Waals surface area (Å²) < 4.78 is 13.3. The van der Waals surface area contributed by atoms with E-state index in [-0.39, 0.29) is 17.8 Å². The molecule has 3 rings (SSSR count). The van der Waals surface area contributed by atoms with Crippen LogP contribution in [0.4, 0.5) is 0 Å². The number of hydrogen-bond acceptors (Lipinski definition) is 6. The Balaban J connectivity index is 1.65. The van der Waals surface area contributed by atoms with Crippen LogP contribution in [0.5, 0.6) is 5.75 Å². The first-order valence-electron chi connectivity index (χ1n) is 9.68. The summed E-state index contributed by atoms with van der Waals surface area (Å²) >= 11 is 1.33. The predicted octanol–water partition coefficient (Wildman–Crippen LogP) is 4.22. The van der Waals surface area contributed by atoms with E-state index in [4.69, 9.17) is 9.15 Å². The van der Waals surface area contributed by atoms with Crippen LogP contribution in [0, 0.1) is 13.8 Å². The molecule has 0 saturated heterocycles. The molecule has 158 valence electrons. The number of hydrogen-bond donors (Lipinski definition) is 1. The van der Waals surface area contributed by atoms with E-state index in [0.29, 0.717) is 29.8 Å². The van der Waals surface area contributed by atoms with Gasteiger partial charge in [0.15, 0.2) is 17.1 Å². The van der Waals surface area contributed by atoms with Gasteiger partial charge in [0.25, 0.3) is 0 Å². The third-order valence-electron chi connectivity index (χ3n) is 4.65. The van der Waals surface area contributed by atoms with Crippen LogP contribution in [0.15, 0.2) is 58.8 Å². The van der Waals surface area contributed by atoms with Crippen LogP contribution in [-0.2, 0) is 17.9 Å². The number of nitrogens with one attached hydrogen (secondary N) is 1. The maximum absolute atomic E-state index is 12.2. The van der Waals surface area contributed by atoms with Crippen molar-refractivity contribution in [3.05, 3.63) is 72.0 Å². The van der Waals surface area contributed by atoms with Gasteiger partial charge < -0.3 is 14.5 Å². The Morgan fingerprint density at radius 2 is 2.17 bits per heavy atom. The molecule has 8 heteroatoms. The fourth-order valence-corrected chi connectivity index (χ4v) is 3.67. The van der Waals surface area contributed by atoms with Crippen LogP contribution in [0.2, 0.25) is 0 Å². The largest absolute Gasteiger partial charge is 0.482 e. The summed E-state index contributed by atoms with van der Waals surface area (Å²) in [5, 5.41) is 12.1. The molecule has 0 bridgehead atoms. The maximum atomic E-state index is 12.2. The zero-order valence-corrected chi connectivity index (χ0v) is 18.2. The third-order valence-corrected chi connectivity index (χ3v) is 5.62. The van der Waals surface area contributed by atoms with Gasteiger partial charge in [0.1, 0.15) is 11.5 Å². The predicted molar refractivity (Wildman–Crippen MR) is 116 cm³/mol. The highest BCUT2D eigenvalue weighted by molar-refractivity contribution is 7.99. The van der Waals surface area contributed by atoms with Gasteiger partial charge in [0.2, 0.25) is 5.91 Å². The second-order valence-corrected chi connectivity index (χ2v) is 7.79. The smallest absolute Gasteiger partial charge is 0.230 e. The van der Waals surface area contributed by atoms with E-state index < -0.39 is 0 Å². The van der Waals surface area contributed by atoms with Crippen LogP contribution in [0.1, 0.15) is 35.7 Å². The average Bonchev–Trinajstić information content (AvgIpc) is 3.38. The van der Waals surface area contributed by atoms with Crippen LogP contribution in [-0.4, -0.2) is 26.4 Å². The Morgan fingerprint density at radius 3 is 2.90 bits per heavy atom. The summed E-state index contributed by atoms with van der Waals surface area (Å²) in [6.07, 6.45) is 3.05. The number of carbonyl (C=O) groups excluding carboxylic acids is 1. The number of allylic oxidation sites excluding steroid dienone is 1. The fraction of sp³-hybridized carbons (Fsp3) is 0.318. The van der Waals surface area contributed by atoms with Gasteiger partial charge in [-0.05, 0) is 50.1 Å². The molecule has 1 unspecified atom stereocenters. The molecular weight excluding hydrogens is 400 g/mol. The minimum atomic E-state index is -0.305. The fourth-order valence-electron chi connectivity index (χ4n) is 2.88. The summed E-state index contributed by atoms with van der Waals surface area (Å²) in [6.45, 7) is 10.7. The monoisotopic (exact) mass is 426 g/mol. The normalized spacial score (nSPS) is 11.8. The number of amides is 1. The van der Waals surface area contributed by atoms with Gasteiger partial charge in [-0.1, -0.05) is 30.0 Å². The van der Waals surface area contributed by atoms with E-state index in [2.05, 4.69) is 35.1 Å². The van der Waals surface area contributed by atoms with Crippen molar-refractivity contribution in [3.63, 3.8) is 0 Å². The summed E-state index contributed by atoms with van der Waals surface area (Å²) in [4.78, 5) is 12.2. The molecule has 1 N–H and O–H groups in total. The molecule has 30 heavy (non-hydrogen) atoms. The Hall–Kier alpha value is -3.00. The Kier molecular flexibility index (Phi) is 7.35. The molecule has 1 amide bonds. The van der Waals surface area contributed by atoms with Crippen LogP contribution in [0.3, 0.4) is 0 Å². The maximum Gasteiger partial charge on any atom is 0.230 e. The average molecular weight is 427 g/mol. The molecule has 0 fully saturated rings. The lowest BCUT2D eigenvalue weighted by atomic mass is 10.1. The molecule has 1 aromatic carbocycles. The van der Waals surface area contributed by atoms with Gasteiger partial charge in [0, 0.05) is 6.54 Å². The number of furan rings is 1. The number of ether oxygens (including phenoxy) is 1. The van der Waals surface area contributed by atoms with Gasteiger partial charge in [0.05, 0.1) is 18.6 Å². The summed E-state index contributed by atoms with van der Waals surface area (Å²) in [7, 11) is 0. The minimum Gasteiger partial charge on any atom is -0.482 e. The summed E-state index contributed by atoms with van der Waals surface area (Å²) in [5.41, 5.74) is 2.27. The van der Waals surface area contributed by atoms with Crippen molar-refractivity contribution in [2.24, 2.45) is 0 Å². The quantitative estimate of drug-likeness (QED) is 0.386. The van der Waals surface area contributed by atoms with E-state index in [1.54, 1.807) is 18.4 Å². The highest BCUT2D eigenvalue weighted by atomic mass is 32.2. The van der Waals surface area contributed by atoms with Gasteiger partial charge in [-0.15, -0.1) is 16.8 Å².